The lowest BCUT2D eigenvalue weighted by atomic mass is 10.4. The number of carboxylic acid groups (broad SMARTS) is 1. The van der Waals surface area contributed by atoms with Gasteiger partial charge >= 0.3 is 0 Å². The van der Waals surface area contributed by atoms with E-state index in [0.717, 1.165) is 6.92 Å². The summed E-state index contributed by atoms with van der Waals surface area (Å²) in [5.74, 6) is -0.833. The summed E-state index contributed by atoms with van der Waals surface area (Å²) in [6.45, 7) is 1.08. The maximum Gasteiger partial charge on any atom is 0.300 e. The second kappa shape index (κ2) is 10.7. The summed E-state index contributed by atoms with van der Waals surface area (Å²) in [5, 5.41) is 11.6. The van der Waals surface area contributed by atoms with Crippen molar-refractivity contribution in [2.45, 2.75) is 6.92 Å². The summed E-state index contributed by atoms with van der Waals surface area (Å²) in [6, 6.07) is 32.3. The molecule has 4 heteroatoms. The van der Waals surface area contributed by atoms with Crippen molar-refractivity contribution < 1.29 is 9.90 Å². The van der Waals surface area contributed by atoms with E-state index in [0.29, 0.717) is 0 Å². The van der Waals surface area contributed by atoms with Crippen LogP contribution in [0.25, 0.3) is 0 Å². The summed E-state index contributed by atoms with van der Waals surface area (Å²) < 4.78 is 0. The van der Waals surface area contributed by atoms with E-state index in [1.165, 1.54) is 15.9 Å². The molecule has 24 heavy (non-hydrogen) atoms. The van der Waals surface area contributed by atoms with Gasteiger partial charge in [-0.1, -0.05) is 91.0 Å². The Balaban J connectivity index is 0.000000522. The number of rotatable bonds is 3. The Morgan fingerprint density at radius 2 is 0.875 bits per heavy atom. The smallest absolute Gasteiger partial charge is 0.300 e. The van der Waals surface area contributed by atoms with Gasteiger partial charge < -0.3 is 5.11 Å². The summed E-state index contributed by atoms with van der Waals surface area (Å²) in [5.41, 5.74) is 0. The van der Waals surface area contributed by atoms with Crippen LogP contribution in [-0.4, -0.2) is 11.1 Å². The van der Waals surface area contributed by atoms with Crippen LogP contribution < -0.4 is 15.9 Å². The van der Waals surface area contributed by atoms with E-state index in [9.17, 15) is 0 Å². The normalized spacial score (nSPS) is 9.42. The quantitative estimate of drug-likeness (QED) is 0.669. The monoisotopic (exact) mass is 402 g/mol. The summed E-state index contributed by atoms with van der Waals surface area (Å²) >= 11 is 0. The average molecular weight is 403 g/mol. The molecule has 1 N–H and O–H groups in total. The lowest BCUT2D eigenvalue weighted by Gasteiger charge is -2.18. The summed E-state index contributed by atoms with van der Waals surface area (Å²) in [7, 11) is -0.446. The Hall–Kier alpha value is -1.96. The van der Waals surface area contributed by atoms with Gasteiger partial charge in [0.2, 0.25) is 0 Å². The lowest BCUT2D eigenvalue weighted by Crippen LogP contribution is -2.20. The first-order valence-corrected chi connectivity index (χ1v) is 8.67. The first-order valence-electron chi connectivity index (χ1n) is 7.33. The van der Waals surface area contributed by atoms with Crippen molar-refractivity contribution in [1.82, 2.24) is 0 Å². The molecule has 0 unspecified atom stereocenters. The summed E-state index contributed by atoms with van der Waals surface area (Å²) in [4.78, 5) is 9.00. The third kappa shape index (κ3) is 6.27. The van der Waals surface area contributed by atoms with Crippen LogP contribution in [0.2, 0.25) is 0 Å². The van der Waals surface area contributed by atoms with Gasteiger partial charge in [0.25, 0.3) is 5.97 Å². The topological polar surface area (TPSA) is 37.3 Å². The molecule has 0 bridgehead atoms. The molecule has 0 heterocycles. The highest BCUT2D eigenvalue weighted by molar-refractivity contribution is 8.93. The van der Waals surface area contributed by atoms with Crippen molar-refractivity contribution >= 4 is 46.8 Å². The number of carbonyl (C=O) groups is 1. The average Bonchev–Trinajstić information content (AvgIpc) is 2.58. The molecular weight excluding hydrogens is 383 g/mol. The molecule has 0 aliphatic heterocycles. The van der Waals surface area contributed by atoms with Crippen LogP contribution in [0.5, 0.6) is 0 Å². The Morgan fingerprint density at radius 3 is 1.08 bits per heavy atom. The highest BCUT2D eigenvalue weighted by atomic mass is 79.9. The SMILES string of the molecule is Br.CC(=O)O.c1ccc(P(c2ccccc2)c2ccccc2)cc1. The van der Waals surface area contributed by atoms with Gasteiger partial charge in [0.1, 0.15) is 0 Å². The largest absolute Gasteiger partial charge is 0.481 e. The Morgan fingerprint density at radius 1 is 0.667 bits per heavy atom. The van der Waals surface area contributed by atoms with Crippen molar-refractivity contribution in [2.24, 2.45) is 0 Å². The lowest BCUT2D eigenvalue weighted by molar-refractivity contribution is -0.134. The third-order valence-corrected chi connectivity index (χ3v) is 5.49. The van der Waals surface area contributed by atoms with E-state index in [4.69, 9.17) is 9.90 Å². The van der Waals surface area contributed by atoms with Crippen molar-refractivity contribution in [3.8, 4) is 0 Å². The zero-order valence-corrected chi connectivity index (χ0v) is 16.0. The van der Waals surface area contributed by atoms with Gasteiger partial charge in [-0.15, -0.1) is 17.0 Å². The minimum atomic E-state index is -0.833. The fourth-order valence-corrected chi connectivity index (χ4v) is 4.48. The fraction of sp³-hybridized carbons (Fsp3) is 0.0500. The number of aliphatic carboxylic acids is 1. The van der Waals surface area contributed by atoms with Crippen molar-refractivity contribution in [2.75, 3.05) is 0 Å². The number of halogens is 1. The molecule has 3 aromatic rings. The molecule has 0 saturated heterocycles. The Labute approximate surface area is 154 Å². The van der Waals surface area contributed by atoms with Gasteiger partial charge in [0, 0.05) is 6.92 Å². The molecule has 0 saturated carbocycles. The molecule has 0 aliphatic rings. The molecule has 0 amide bonds. The van der Waals surface area contributed by atoms with Crippen molar-refractivity contribution in [1.29, 1.82) is 0 Å². The number of benzene rings is 3. The number of hydrogen-bond acceptors (Lipinski definition) is 1. The molecule has 0 aliphatic carbocycles. The van der Waals surface area contributed by atoms with Crippen molar-refractivity contribution in [3.63, 3.8) is 0 Å². The van der Waals surface area contributed by atoms with E-state index in [2.05, 4.69) is 91.0 Å². The predicted molar refractivity (Wildman–Crippen MR) is 109 cm³/mol. The second-order valence-corrected chi connectivity index (χ2v) is 7.08. The number of carboxylic acids is 1. The first kappa shape index (κ1) is 20.1. The van der Waals surface area contributed by atoms with Gasteiger partial charge in [-0.25, -0.2) is 0 Å². The predicted octanol–water partition coefficient (Wildman–Crippen LogP) is 4.11. The molecule has 0 radical (unpaired) electrons. The van der Waals surface area contributed by atoms with Crippen LogP contribution in [-0.2, 0) is 4.79 Å². The van der Waals surface area contributed by atoms with Crippen LogP contribution in [0.3, 0.4) is 0 Å². The molecule has 0 fully saturated rings. The number of hydrogen-bond donors (Lipinski definition) is 1. The highest BCUT2D eigenvalue weighted by Crippen LogP contribution is 2.32. The Kier molecular flexibility index (Phi) is 8.99. The van der Waals surface area contributed by atoms with Gasteiger partial charge in [-0.05, 0) is 23.8 Å². The molecule has 0 aromatic heterocycles. The van der Waals surface area contributed by atoms with Gasteiger partial charge in [-0.2, -0.15) is 0 Å². The van der Waals surface area contributed by atoms with Crippen LogP contribution in [0, 0.1) is 0 Å². The van der Waals surface area contributed by atoms with E-state index in [1.807, 2.05) is 0 Å². The van der Waals surface area contributed by atoms with Crippen LogP contribution in [0.1, 0.15) is 6.92 Å². The second-order valence-electron chi connectivity index (χ2n) is 4.86. The molecular formula is C20H20BrO2P. The standard InChI is InChI=1S/C18H15P.C2H4O2.BrH/c1-4-10-16(11-5-1)19(17-12-6-2-7-13-17)18-14-8-3-9-15-18;1-2(3)4;/h1-15H;1H3,(H,3,4);1H. The first-order chi connectivity index (χ1) is 11.2. The zero-order valence-electron chi connectivity index (χ0n) is 13.4. The third-order valence-electron chi connectivity index (χ3n) is 3.04. The van der Waals surface area contributed by atoms with Crippen LogP contribution >= 0.6 is 24.9 Å². The van der Waals surface area contributed by atoms with Crippen LogP contribution in [0.4, 0.5) is 0 Å². The van der Waals surface area contributed by atoms with E-state index in [-0.39, 0.29) is 17.0 Å². The van der Waals surface area contributed by atoms with Gasteiger partial charge in [-0.3, -0.25) is 4.79 Å². The Bertz CT molecular complexity index is 620. The molecule has 0 atom stereocenters. The maximum atomic E-state index is 9.00. The minimum Gasteiger partial charge on any atom is -0.481 e. The van der Waals surface area contributed by atoms with E-state index in [1.54, 1.807) is 0 Å². The maximum absolute atomic E-state index is 9.00. The van der Waals surface area contributed by atoms with Crippen molar-refractivity contribution in [3.05, 3.63) is 91.0 Å². The van der Waals surface area contributed by atoms with E-state index < -0.39 is 13.9 Å². The summed E-state index contributed by atoms with van der Waals surface area (Å²) in [6.07, 6.45) is 0. The molecule has 3 aromatic carbocycles. The molecule has 3 rings (SSSR count). The highest BCUT2D eigenvalue weighted by Gasteiger charge is 2.14. The molecule has 2 nitrogen and oxygen atoms in total. The molecule has 124 valence electrons. The van der Waals surface area contributed by atoms with Gasteiger partial charge in [0.15, 0.2) is 0 Å². The minimum absolute atomic E-state index is 0. The fourth-order valence-electron chi connectivity index (χ4n) is 2.18. The molecule has 0 spiro atoms. The zero-order chi connectivity index (χ0) is 16.5. The van der Waals surface area contributed by atoms with Gasteiger partial charge in [0.05, 0.1) is 0 Å². The van der Waals surface area contributed by atoms with E-state index >= 15 is 0 Å². The van der Waals surface area contributed by atoms with Crippen LogP contribution in [0.15, 0.2) is 91.0 Å².